The second-order valence-electron chi connectivity index (χ2n) is 1.33. The summed E-state index contributed by atoms with van der Waals surface area (Å²) in [7, 11) is 0. The Morgan fingerprint density at radius 3 is 1.05 bits per heavy atom. The summed E-state index contributed by atoms with van der Waals surface area (Å²) >= 11 is 0. The number of rotatable bonds is 16. The van der Waals surface area contributed by atoms with Gasteiger partial charge in [0.05, 0.1) is 0 Å². The summed E-state index contributed by atoms with van der Waals surface area (Å²) in [4.78, 5) is -0.197. The summed E-state index contributed by atoms with van der Waals surface area (Å²) < 4.78 is 0. The molecule has 0 aliphatic rings. The predicted molar refractivity (Wildman–Crippen MR) is 26.3 cm³/mol. The molecule has 0 aromatic carbocycles. The molecule has 122 valence electrons. The van der Waals surface area contributed by atoms with Gasteiger partial charge >= 0.3 is 0 Å². The van der Waals surface area contributed by atoms with E-state index in [-0.39, 0.29) is 4.82 Å². The van der Waals surface area contributed by atoms with Crippen molar-refractivity contribution in [3.8, 4) is 0 Å². The van der Waals surface area contributed by atoms with Crippen LogP contribution in [0.3, 0.4) is 0 Å². The van der Waals surface area contributed by atoms with Crippen LogP contribution in [0.25, 0.3) is 0 Å². The Bertz CT molecular complexity index is 159. The first-order chi connectivity index (χ1) is 9.77. The molecule has 0 saturated carbocycles. The van der Waals surface area contributed by atoms with Gasteiger partial charge in [-0.3, -0.25) is 0 Å². The van der Waals surface area contributed by atoms with Crippen LogP contribution in [0.2, 0.25) is 0 Å². The van der Waals surface area contributed by atoms with Crippen LogP contribution < -0.4 is 0 Å². The highest BCUT2D eigenvalue weighted by Crippen LogP contribution is 1.93. The Hall–Kier alpha value is -0.800. The third-order valence-electron chi connectivity index (χ3n) is 0.480. The van der Waals surface area contributed by atoms with Crippen molar-refractivity contribution in [1.29, 1.82) is 0 Å². The Kier molecular flexibility index (Phi) is 15.6. The summed E-state index contributed by atoms with van der Waals surface area (Å²) in [5.74, 6) is 0. The maximum Gasteiger partial charge on any atom is 0.198 e. The molecule has 0 amide bonds. The van der Waals surface area contributed by atoms with E-state index < -0.39 is 0 Å². The van der Waals surface area contributed by atoms with Crippen molar-refractivity contribution < 1.29 is 101 Å². The molecule has 0 saturated heterocycles. The molecule has 20 heavy (non-hydrogen) atoms. The molecule has 0 unspecified atom stereocenters. The third-order valence-corrected chi connectivity index (χ3v) is 0.480. The second-order valence-corrected chi connectivity index (χ2v) is 1.33. The minimum atomic E-state index is -0.197. The van der Waals surface area contributed by atoms with Gasteiger partial charge in [-0.25, -0.2) is 5.26 Å². The summed E-state index contributed by atoms with van der Waals surface area (Å²) in [6.07, 6.45) is 0. The monoisotopic (exact) mass is 323 g/mol. The van der Waals surface area contributed by atoms with Crippen LogP contribution in [0, 0.1) is 0 Å². The van der Waals surface area contributed by atoms with E-state index >= 15 is 0 Å². The van der Waals surface area contributed by atoms with Gasteiger partial charge in [0.15, 0.2) is 9.86 Å². The van der Waals surface area contributed by atoms with Gasteiger partial charge in [0.1, 0.15) is 0 Å². The van der Waals surface area contributed by atoms with Crippen molar-refractivity contribution in [2.45, 2.75) is 0 Å². The molecular weight excluding hydrogens is 320 g/mol. The fourth-order valence-corrected chi connectivity index (χ4v) is 0.185. The lowest BCUT2D eigenvalue weighted by atomic mass is 14.0. The molecule has 0 heterocycles. The lowest BCUT2D eigenvalue weighted by molar-refractivity contribution is -0.930. The van der Waals surface area contributed by atoms with Crippen LogP contribution in [0.15, 0.2) is 0 Å². The summed E-state index contributed by atoms with van der Waals surface area (Å²) in [5, 5.41) is 76.5. The molecule has 0 fully saturated rings. The van der Waals surface area contributed by atoms with Crippen LogP contribution >= 0.6 is 0 Å². The minimum absolute atomic E-state index is 0.197. The molecule has 3 N–H and O–H groups in total. The third kappa shape index (κ3) is 17.2. The normalized spacial score (nSPS) is 11.4. The minimum Gasteiger partial charge on any atom is -0.219 e. The highest BCUT2D eigenvalue weighted by molar-refractivity contribution is 3.08. The van der Waals surface area contributed by atoms with Crippen LogP contribution in [0.4, 0.5) is 0 Å². The standard InChI is InChI=1S/H2O20/c1-4-5-6-7-8-9-10-11-12-13-14-15-16-17-18-19-20(2)3/h2-3H/p+1. The summed E-state index contributed by atoms with van der Waals surface area (Å²) in [6, 6.07) is 0. The molecule has 0 atom stereocenters. The van der Waals surface area contributed by atoms with E-state index in [2.05, 4.69) is 80.6 Å². The van der Waals surface area contributed by atoms with Crippen molar-refractivity contribution in [3.05, 3.63) is 0 Å². The molecule has 0 aromatic rings. The largest absolute Gasteiger partial charge is 0.219 e. The predicted octanol–water partition coefficient (Wildman–Crippen LogP) is -1.14. The van der Waals surface area contributed by atoms with E-state index in [1.807, 2.05) is 0 Å². The number of hydrogen-bond acceptors (Lipinski definition) is 19. The molecule has 0 aliphatic heterocycles. The van der Waals surface area contributed by atoms with Gasteiger partial charge in [-0.15, -0.1) is 0 Å². The lowest BCUT2D eigenvalue weighted by Gasteiger charge is -1.97. The lowest BCUT2D eigenvalue weighted by Crippen LogP contribution is -2.08. The Balaban J connectivity index is 2.92. The molecule has 0 aliphatic carbocycles. The van der Waals surface area contributed by atoms with Crippen molar-refractivity contribution in [1.82, 2.24) is 0 Å². The zero-order valence-electron chi connectivity index (χ0n) is 8.28. The second kappa shape index (κ2) is 16.3. The van der Waals surface area contributed by atoms with Gasteiger partial charge in [-0.1, -0.05) is 0 Å². The fourth-order valence-electron chi connectivity index (χ4n) is 0.185. The molecule has 0 bridgehead atoms. The van der Waals surface area contributed by atoms with Crippen molar-refractivity contribution >= 4 is 0 Å². The van der Waals surface area contributed by atoms with Crippen molar-refractivity contribution in [3.63, 3.8) is 0 Å². The summed E-state index contributed by atoms with van der Waals surface area (Å²) in [6.45, 7) is 0. The van der Waals surface area contributed by atoms with E-state index in [1.54, 1.807) is 0 Å². The molecule has 0 radical (unpaired) electrons. The van der Waals surface area contributed by atoms with E-state index in [4.69, 9.17) is 15.8 Å². The zero-order chi connectivity index (χ0) is 14.9. The highest BCUT2D eigenvalue weighted by Gasteiger charge is 2.07. The molecule has 0 spiro atoms. The average molecular weight is 323 g/mol. The van der Waals surface area contributed by atoms with Gasteiger partial charge in [0.25, 0.3) is 0 Å². The van der Waals surface area contributed by atoms with E-state index in [0.717, 1.165) is 0 Å². The van der Waals surface area contributed by atoms with Crippen LogP contribution in [-0.4, -0.2) is 15.8 Å². The van der Waals surface area contributed by atoms with Crippen LogP contribution in [-0.2, 0) is 85.4 Å². The van der Waals surface area contributed by atoms with Crippen molar-refractivity contribution in [2.24, 2.45) is 0 Å². The first-order valence-electron chi connectivity index (χ1n) is 3.21. The smallest absolute Gasteiger partial charge is 0.198 e. The van der Waals surface area contributed by atoms with Gasteiger partial charge < -0.3 is 0 Å². The molecular formula is H3O20+. The Morgan fingerprint density at radius 2 is 0.750 bits per heavy atom. The topological polar surface area (TPSA) is 211 Å². The maximum absolute atomic E-state index is 7.77. The summed E-state index contributed by atoms with van der Waals surface area (Å²) in [5.41, 5.74) is 0. The van der Waals surface area contributed by atoms with Gasteiger partial charge in [0.2, 0.25) is 0 Å². The number of hydrogen-bond donors (Lipinski definition) is 3. The highest BCUT2D eigenvalue weighted by atomic mass is 18.0. The van der Waals surface area contributed by atoms with E-state index in [1.165, 1.54) is 0 Å². The van der Waals surface area contributed by atoms with E-state index in [9.17, 15) is 0 Å². The maximum atomic E-state index is 7.77. The fraction of sp³-hybridized carbons (Fsp3) is 0. The first kappa shape index (κ1) is 19.2. The molecule has 0 aromatic heterocycles. The quantitative estimate of drug-likeness (QED) is 0.132. The van der Waals surface area contributed by atoms with E-state index in [0.29, 0.717) is 0 Å². The van der Waals surface area contributed by atoms with Crippen molar-refractivity contribution in [2.75, 3.05) is 0 Å². The average Bonchev–Trinajstić information content (AvgIpc) is 2.43. The molecule has 20 nitrogen and oxygen atoms in total. The molecule has 20 heteroatoms. The SMILES string of the molecule is OOOOOOOOOOOOOOOOO[O+](O)O. The van der Waals surface area contributed by atoms with Gasteiger partial charge in [-0.05, 0) is 45.8 Å². The molecule has 0 rings (SSSR count). The Labute approximate surface area is 103 Å². The van der Waals surface area contributed by atoms with Crippen LogP contribution in [0.5, 0.6) is 0 Å². The first-order valence-corrected chi connectivity index (χ1v) is 3.21. The zero-order valence-corrected chi connectivity index (χ0v) is 8.28. The Morgan fingerprint density at radius 1 is 0.450 bits per heavy atom. The van der Waals surface area contributed by atoms with Gasteiger partial charge in [-0.2, -0.15) is 0 Å². The van der Waals surface area contributed by atoms with Crippen LogP contribution in [0.1, 0.15) is 0 Å². The van der Waals surface area contributed by atoms with Gasteiger partial charge in [0, 0.05) is 40.3 Å².